The number of hydrogen-bond acceptors (Lipinski definition) is 3. The molecule has 0 saturated heterocycles. The molecule has 96 valence electrons. The van der Waals surface area contributed by atoms with Gasteiger partial charge in [0.05, 0.1) is 6.61 Å². The highest BCUT2D eigenvalue weighted by Crippen LogP contribution is 2.18. The topological polar surface area (TPSA) is 35.2 Å². The zero-order valence-electron chi connectivity index (χ0n) is 10.6. The van der Waals surface area contributed by atoms with E-state index in [2.05, 4.69) is 36.6 Å². The van der Waals surface area contributed by atoms with Crippen LogP contribution in [0.2, 0.25) is 0 Å². The third-order valence-corrected chi connectivity index (χ3v) is 3.88. The lowest BCUT2D eigenvalue weighted by atomic mass is 10.1. The SMILES string of the molecule is CCC(N)c1ccc(OCCc2cccs2)cc1. The van der Waals surface area contributed by atoms with Gasteiger partial charge in [-0.3, -0.25) is 0 Å². The van der Waals surface area contributed by atoms with Crippen LogP contribution >= 0.6 is 11.3 Å². The standard InChI is InChI=1S/C15H19NOS/c1-2-15(16)12-5-7-13(8-6-12)17-10-9-14-4-3-11-18-14/h3-8,11,15H,2,9-10,16H2,1H3. The molecule has 0 bridgehead atoms. The van der Waals surface area contributed by atoms with Gasteiger partial charge in [0.15, 0.2) is 0 Å². The van der Waals surface area contributed by atoms with E-state index >= 15 is 0 Å². The van der Waals surface area contributed by atoms with Gasteiger partial charge >= 0.3 is 0 Å². The van der Waals surface area contributed by atoms with Crippen LogP contribution in [0.1, 0.15) is 29.8 Å². The predicted molar refractivity (Wildman–Crippen MR) is 77.2 cm³/mol. The number of thiophene rings is 1. The van der Waals surface area contributed by atoms with Gasteiger partial charge in [-0.05, 0) is 35.6 Å². The van der Waals surface area contributed by atoms with E-state index in [1.165, 1.54) is 10.4 Å². The van der Waals surface area contributed by atoms with Gasteiger partial charge in [-0.15, -0.1) is 11.3 Å². The Bertz CT molecular complexity index is 450. The fourth-order valence-electron chi connectivity index (χ4n) is 1.77. The summed E-state index contributed by atoms with van der Waals surface area (Å²) in [5.74, 6) is 0.915. The van der Waals surface area contributed by atoms with Crippen LogP contribution < -0.4 is 10.5 Å². The van der Waals surface area contributed by atoms with E-state index in [-0.39, 0.29) is 6.04 Å². The molecule has 2 aromatic rings. The molecule has 1 heterocycles. The van der Waals surface area contributed by atoms with Crippen molar-refractivity contribution in [1.29, 1.82) is 0 Å². The molecule has 0 aliphatic carbocycles. The van der Waals surface area contributed by atoms with Gasteiger partial charge in [0.1, 0.15) is 5.75 Å². The lowest BCUT2D eigenvalue weighted by molar-refractivity contribution is 0.323. The second kappa shape index (κ2) is 6.57. The highest BCUT2D eigenvalue weighted by atomic mass is 32.1. The van der Waals surface area contributed by atoms with Gasteiger partial charge in [-0.2, -0.15) is 0 Å². The summed E-state index contributed by atoms with van der Waals surface area (Å²) in [5.41, 5.74) is 7.14. The van der Waals surface area contributed by atoms with E-state index in [0.717, 1.165) is 25.2 Å². The summed E-state index contributed by atoms with van der Waals surface area (Å²) in [5, 5.41) is 2.09. The summed E-state index contributed by atoms with van der Waals surface area (Å²) in [6.07, 6.45) is 1.92. The molecule has 1 unspecified atom stereocenters. The van der Waals surface area contributed by atoms with Crippen molar-refractivity contribution in [3.63, 3.8) is 0 Å². The number of rotatable bonds is 6. The summed E-state index contributed by atoms with van der Waals surface area (Å²) >= 11 is 1.77. The average molecular weight is 261 g/mol. The number of ether oxygens (including phenoxy) is 1. The number of benzene rings is 1. The molecule has 18 heavy (non-hydrogen) atoms. The van der Waals surface area contributed by atoms with Crippen molar-refractivity contribution >= 4 is 11.3 Å². The molecular weight excluding hydrogens is 242 g/mol. The summed E-state index contributed by atoms with van der Waals surface area (Å²) in [6, 6.07) is 12.4. The first-order chi connectivity index (χ1) is 8.79. The van der Waals surface area contributed by atoms with Gasteiger partial charge in [0.25, 0.3) is 0 Å². The molecule has 0 aliphatic heterocycles. The smallest absolute Gasteiger partial charge is 0.119 e. The number of nitrogens with two attached hydrogens (primary N) is 1. The van der Waals surface area contributed by atoms with Gasteiger partial charge in [0.2, 0.25) is 0 Å². The molecule has 0 amide bonds. The Labute approximate surface area is 112 Å². The molecule has 0 radical (unpaired) electrons. The van der Waals surface area contributed by atoms with Crippen LogP contribution in [0.25, 0.3) is 0 Å². The lowest BCUT2D eigenvalue weighted by Gasteiger charge is -2.10. The molecule has 1 atom stereocenters. The van der Waals surface area contributed by atoms with E-state index in [9.17, 15) is 0 Å². The van der Waals surface area contributed by atoms with Crippen LogP contribution in [0, 0.1) is 0 Å². The summed E-state index contributed by atoms with van der Waals surface area (Å²) in [7, 11) is 0. The van der Waals surface area contributed by atoms with E-state index in [1.54, 1.807) is 11.3 Å². The molecule has 0 fully saturated rings. The van der Waals surface area contributed by atoms with E-state index in [0.29, 0.717) is 0 Å². The van der Waals surface area contributed by atoms with Crippen molar-refractivity contribution in [2.75, 3.05) is 6.61 Å². The van der Waals surface area contributed by atoms with Crippen molar-refractivity contribution in [1.82, 2.24) is 0 Å². The van der Waals surface area contributed by atoms with Gasteiger partial charge in [0, 0.05) is 17.3 Å². The van der Waals surface area contributed by atoms with Crippen LogP contribution in [0.15, 0.2) is 41.8 Å². The van der Waals surface area contributed by atoms with Crippen LogP contribution in [-0.4, -0.2) is 6.61 Å². The van der Waals surface area contributed by atoms with Crippen LogP contribution in [0.4, 0.5) is 0 Å². The first-order valence-corrected chi connectivity index (χ1v) is 7.18. The monoisotopic (exact) mass is 261 g/mol. The molecule has 0 saturated carbocycles. The van der Waals surface area contributed by atoms with Crippen molar-refractivity contribution in [2.45, 2.75) is 25.8 Å². The highest BCUT2D eigenvalue weighted by molar-refractivity contribution is 7.09. The van der Waals surface area contributed by atoms with E-state index in [4.69, 9.17) is 10.5 Å². The molecule has 0 aliphatic rings. The molecule has 2 rings (SSSR count). The minimum absolute atomic E-state index is 0.130. The average Bonchev–Trinajstić information content (AvgIpc) is 2.92. The Hall–Kier alpha value is -1.32. The lowest BCUT2D eigenvalue weighted by Crippen LogP contribution is -2.08. The van der Waals surface area contributed by atoms with Crippen molar-refractivity contribution in [3.8, 4) is 5.75 Å². The Morgan fingerprint density at radius 3 is 2.61 bits per heavy atom. The summed E-state index contributed by atoms with van der Waals surface area (Å²) in [4.78, 5) is 1.36. The normalized spacial score (nSPS) is 12.3. The molecule has 1 aromatic heterocycles. The fourth-order valence-corrected chi connectivity index (χ4v) is 2.46. The molecule has 0 spiro atoms. The first kappa shape index (κ1) is 13.1. The van der Waals surface area contributed by atoms with Crippen molar-refractivity contribution < 1.29 is 4.74 Å². The van der Waals surface area contributed by atoms with Gasteiger partial charge in [-0.1, -0.05) is 25.1 Å². The largest absolute Gasteiger partial charge is 0.493 e. The Morgan fingerprint density at radius 2 is 2.00 bits per heavy atom. The summed E-state index contributed by atoms with van der Waals surface area (Å²) < 4.78 is 5.71. The number of hydrogen-bond donors (Lipinski definition) is 1. The Balaban J connectivity index is 1.83. The maximum Gasteiger partial charge on any atom is 0.119 e. The van der Waals surface area contributed by atoms with Crippen molar-refractivity contribution in [2.24, 2.45) is 5.73 Å². The van der Waals surface area contributed by atoms with E-state index in [1.807, 2.05) is 12.1 Å². The minimum Gasteiger partial charge on any atom is -0.493 e. The molecule has 2 nitrogen and oxygen atoms in total. The van der Waals surface area contributed by atoms with Gasteiger partial charge in [-0.25, -0.2) is 0 Å². The third kappa shape index (κ3) is 3.59. The quantitative estimate of drug-likeness (QED) is 0.859. The molecule has 1 aromatic carbocycles. The van der Waals surface area contributed by atoms with Gasteiger partial charge < -0.3 is 10.5 Å². The summed E-state index contributed by atoms with van der Waals surface area (Å²) in [6.45, 7) is 2.82. The molecule has 3 heteroatoms. The third-order valence-electron chi connectivity index (χ3n) is 2.95. The second-order valence-electron chi connectivity index (χ2n) is 4.26. The zero-order chi connectivity index (χ0) is 12.8. The van der Waals surface area contributed by atoms with Crippen LogP contribution in [0.3, 0.4) is 0 Å². The maximum absolute atomic E-state index is 5.97. The van der Waals surface area contributed by atoms with E-state index < -0.39 is 0 Å². The highest BCUT2D eigenvalue weighted by Gasteiger charge is 2.03. The first-order valence-electron chi connectivity index (χ1n) is 6.30. The second-order valence-corrected chi connectivity index (χ2v) is 5.29. The molecule has 2 N–H and O–H groups in total. The Kier molecular flexibility index (Phi) is 4.79. The van der Waals surface area contributed by atoms with Crippen LogP contribution in [0.5, 0.6) is 5.75 Å². The van der Waals surface area contributed by atoms with Crippen LogP contribution in [-0.2, 0) is 6.42 Å². The minimum atomic E-state index is 0.130. The fraction of sp³-hybridized carbons (Fsp3) is 0.333. The molecular formula is C15H19NOS. The van der Waals surface area contributed by atoms with Crippen molar-refractivity contribution in [3.05, 3.63) is 52.2 Å². The zero-order valence-corrected chi connectivity index (χ0v) is 11.5. The maximum atomic E-state index is 5.97. The Morgan fingerprint density at radius 1 is 1.22 bits per heavy atom. The predicted octanol–water partition coefficient (Wildman–Crippen LogP) is 3.78.